The first-order valence-corrected chi connectivity index (χ1v) is 2.86. The fourth-order valence-corrected chi connectivity index (χ4v) is 0.844. The fraction of sp³-hybridized carbons (Fsp3) is 0.500. The standard InChI is InChI=1S/C6H11N2O.HI/c1-7-3-4-8(2)6(7)5-9;/h3-4,9H,5H2,1-2H3;1H/q+1;/p-1. The molecule has 0 fully saturated rings. The summed E-state index contributed by atoms with van der Waals surface area (Å²) < 4.78 is 3.78. The van der Waals surface area contributed by atoms with Crippen LogP contribution in [-0.4, -0.2) is 9.67 Å². The number of imidazole rings is 1. The Labute approximate surface area is 77.3 Å². The molecule has 1 rings (SSSR count). The molecular weight excluding hydrogens is 243 g/mol. The zero-order chi connectivity index (χ0) is 6.85. The third kappa shape index (κ3) is 1.69. The summed E-state index contributed by atoms with van der Waals surface area (Å²) in [7, 11) is 3.82. The molecule has 10 heavy (non-hydrogen) atoms. The number of aliphatic hydroxyl groups is 1. The Hall–Kier alpha value is -0.100. The Morgan fingerprint density at radius 1 is 1.70 bits per heavy atom. The van der Waals surface area contributed by atoms with Gasteiger partial charge in [0.1, 0.15) is 19.0 Å². The summed E-state index contributed by atoms with van der Waals surface area (Å²) in [6, 6.07) is 0. The van der Waals surface area contributed by atoms with Crippen LogP contribution in [0.3, 0.4) is 0 Å². The zero-order valence-electron chi connectivity index (χ0n) is 6.08. The number of rotatable bonds is 1. The van der Waals surface area contributed by atoms with Crippen LogP contribution in [0.1, 0.15) is 5.82 Å². The molecule has 0 radical (unpaired) electrons. The maximum absolute atomic E-state index is 8.75. The summed E-state index contributed by atoms with van der Waals surface area (Å²) in [5, 5.41) is 8.75. The van der Waals surface area contributed by atoms with Crippen molar-refractivity contribution in [2.75, 3.05) is 0 Å². The number of halogens is 1. The van der Waals surface area contributed by atoms with Crippen molar-refractivity contribution in [1.82, 2.24) is 4.57 Å². The van der Waals surface area contributed by atoms with E-state index in [9.17, 15) is 0 Å². The lowest BCUT2D eigenvalue weighted by Gasteiger charge is -1.89. The van der Waals surface area contributed by atoms with Crippen LogP contribution in [0.4, 0.5) is 0 Å². The van der Waals surface area contributed by atoms with Crippen LogP contribution in [0.2, 0.25) is 0 Å². The molecule has 1 heterocycles. The van der Waals surface area contributed by atoms with Gasteiger partial charge in [-0.2, -0.15) is 0 Å². The minimum absolute atomic E-state index is 0. The number of aryl methyl sites for hydroxylation is 2. The van der Waals surface area contributed by atoms with Crippen molar-refractivity contribution in [1.29, 1.82) is 0 Å². The predicted molar refractivity (Wildman–Crippen MR) is 32.5 cm³/mol. The summed E-state index contributed by atoms with van der Waals surface area (Å²) in [5.74, 6) is 0.912. The third-order valence-corrected chi connectivity index (χ3v) is 1.47. The summed E-state index contributed by atoms with van der Waals surface area (Å²) in [6.45, 7) is 0.0972. The number of hydrogen-bond donors (Lipinski definition) is 1. The molecule has 0 bridgehead atoms. The number of aromatic nitrogens is 2. The van der Waals surface area contributed by atoms with Gasteiger partial charge in [-0.3, -0.25) is 0 Å². The topological polar surface area (TPSA) is 29.0 Å². The molecule has 0 aromatic carbocycles. The highest BCUT2D eigenvalue weighted by atomic mass is 127. The minimum atomic E-state index is 0. The average molecular weight is 254 g/mol. The second-order valence-corrected chi connectivity index (χ2v) is 2.09. The molecule has 0 atom stereocenters. The van der Waals surface area contributed by atoms with Gasteiger partial charge in [-0.15, -0.1) is 0 Å². The van der Waals surface area contributed by atoms with E-state index in [-0.39, 0.29) is 30.6 Å². The van der Waals surface area contributed by atoms with Crippen LogP contribution in [-0.2, 0) is 20.7 Å². The third-order valence-electron chi connectivity index (χ3n) is 1.47. The quantitative estimate of drug-likeness (QED) is 0.406. The van der Waals surface area contributed by atoms with Crippen molar-refractivity contribution < 1.29 is 33.7 Å². The van der Waals surface area contributed by atoms with Gasteiger partial charge in [-0.1, -0.05) is 0 Å². The normalized spacial score (nSPS) is 9.10. The molecule has 0 spiro atoms. The highest BCUT2D eigenvalue weighted by molar-refractivity contribution is 4.77. The van der Waals surface area contributed by atoms with Crippen LogP contribution < -0.4 is 28.5 Å². The summed E-state index contributed by atoms with van der Waals surface area (Å²) in [4.78, 5) is 0. The fourth-order valence-electron chi connectivity index (χ4n) is 0.844. The molecule has 0 amide bonds. The lowest BCUT2D eigenvalue weighted by molar-refractivity contribution is -0.680. The van der Waals surface area contributed by atoms with E-state index in [0.29, 0.717) is 0 Å². The van der Waals surface area contributed by atoms with Crippen LogP contribution in [0.5, 0.6) is 0 Å². The molecule has 0 aliphatic heterocycles. The van der Waals surface area contributed by atoms with Crippen LogP contribution in [0.15, 0.2) is 12.4 Å². The Bertz CT molecular complexity index is 190. The summed E-state index contributed by atoms with van der Waals surface area (Å²) in [5.41, 5.74) is 0. The smallest absolute Gasteiger partial charge is 0.282 e. The molecule has 0 aliphatic rings. The van der Waals surface area contributed by atoms with E-state index in [4.69, 9.17) is 5.11 Å². The Kier molecular flexibility index (Phi) is 3.88. The maximum atomic E-state index is 8.75. The van der Waals surface area contributed by atoms with Crippen LogP contribution >= 0.6 is 0 Å². The molecule has 0 unspecified atom stereocenters. The van der Waals surface area contributed by atoms with Gasteiger partial charge < -0.3 is 29.1 Å². The van der Waals surface area contributed by atoms with Crippen molar-refractivity contribution in [2.45, 2.75) is 6.61 Å². The zero-order valence-corrected chi connectivity index (χ0v) is 8.24. The Morgan fingerprint density at radius 2 is 2.30 bits per heavy atom. The van der Waals surface area contributed by atoms with Gasteiger partial charge in [0, 0.05) is 0 Å². The molecule has 4 heteroatoms. The van der Waals surface area contributed by atoms with Crippen molar-refractivity contribution in [3.8, 4) is 0 Å². The highest BCUT2D eigenvalue weighted by Gasteiger charge is 2.07. The number of aliphatic hydroxyl groups excluding tert-OH is 1. The Balaban J connectivity index is 0.000000810. The molecular formula is C6H11IN2O. The molecule has 0 saturated carbocycles. The van der Waals surface area contributed by atoms with Crippen molar-refractivity contribution in [3.05, 3.63) is 18.2 Å². The first-order valence-electron chi connectivity index (χ1n) is 2.86. The lowest BCUT2D eigenvalue weighted by atomic mass is 10.6. The number of hydrogen-bond acceptors (Lipinski definition) is 1. The van der Waals surface area contributed by atoms with E-state index in [2.05, 4.69) is 0 Å². The Morgan fingerprint density at radius 3 is 2.50 bits per heavy atom. The van der Waals surface area contributed by atoms with E-state index < -0.39 is 0 Å². The minimum Gasteiger partial charge on any atom is -1.00 e. The van der Waals surface area contributed by atoms with Gasteiger partial charge >= 0.3 is 0 Å². The van der Waals surface area contributed by atoms with E-state index in [1.165, 1.54) is 0 Å². The average Bonchev–Trinajstić information content (AvgIpc) is 2.12. The molecule has 0 saturated heterocycles. The SMILES string of the molecule is Cn1cc[n+](C)c1CO.[I-]. The maximum Gasteiger partial charge on any atom is 0.282 e. The van der Waals surface area contributed by atoms with E-state index in [0.717, 1.165) is 5.82 Å². The van der Waals surface area contributed by atoms with Gasteiger partial charge in [0.2, 0.25) is 0 Å². The van der Waals surface area contributed by atoms with Gasteiger partial charge in [-0.25, -0.2) is 9.13 Å². The van der Waals surface area contributed by atoms with E-state index in [1.807, 2.05) is 35.6 Å². The monoisotopic (exact) mass is 254 g/mol. The highest BCUT2D eigenvalue weighted by Crippen LogP contribution is 1.88. The van der Waals surface area contributed by atoms with E-state index >= 15 is 0 Å². The van der Waals surface area contributed by atoms with Gasteiger partial charge in [0.05, 0.1) is 14.1 Å². The summed E-state index contributed by atoms with van der Waals surface area (Å²) >= 11 is 0. The number of nitrogens with zero attached hydrogens (tertiary/aromatic N) is 2. The van der Waals surface area contributed by atoms with Crippen LogP contribution in [0.25, 0.3) is 0 Å². The molecule has 1 aromatic heterocycles. The van der Waals surface area contributed by atoms with Gasteiger partial charge in [0.15, 0.2) is 0 Å². The lowest BCUT2D eigenvalue weighted by Crippen LogP contribution is -3.00. The van der Waals surface area contributed by atoms with E-state index in [1.54, 1.807) is 0 Å². The second kappa shape index (κ2) is 3.92. The van der Waals surface area contributed by atoms with Gasteiger partial charge in [0.25, 0.3) is 5.82 Å². The largest absolute Gasteiger partial charge is 1.00 e. The second-order valence-electron chi connectivity index (χ2n) is 2.09. The molecule has 1 N–H and O–H groups in total. The van der Waals surface area contributed by atoms with Gasteiger partial charge in [-0.05, 0) is 0 Å². The predicted octanol–water partition coefficient (Wildman–Crippen LogP) is -3.65. The van der Waals surface area contributed by atoms with Crippen LogP contribution in [0, 0.1) is 0 Å². The van der Waals surface area contributed by atoms with Crippen molar-refractivity contribution in [2.24, 2.45) is 14.1 Å². The molecule has 0 aliphatic carbocycles. The summed E-state index contributed by atoms with van der Waals surface area (Å²) in [6.07, 6.45) is 3.82. The molecule has 3 nitrogen and oxygen atoms in total. The first-order chi connectivity index (χ1) is 4.25. The van der Waals surface area contributed by atoms with Crippen molar-refractivity contribution in [3.63, 3.8) is 0 Å². The molecule has 58 valence electrons. The molecule has 1 aromatic rings. The first kappa shape index (κ1) is 9.90. The van der Waals surface area contributed by atoms with Crippen molar-refractivity contribution >= 4 is 0 Å².